The topological polar surface area (TPSA) is 73.1 Å². The zero-order valence-corrected chi connectivity index (χ0v) is 19.3. The van der Waals surface area contributed by atoms with Gasteiger partial charge in [-0.25, -0.2) is 4.79 Å². The van der Waals surface area contributed by atoms with Gasteiger partial charge in [-0.15, -0.1) is 11.3 Å². The summed E-state index contributed by atoms with van der Waals surface area (Å²) in [5.41, 5.74) is 3.00. The van der Waals surface area contributed by atoms with Crippen LogP contribution in [0.3, 0.4) is 0 Å². The van der Waals surface area contributed by atoms with Gasteiger partial charge in [0.2, 0.25) is 5.91 Å². The third kappa shape index (κ3) is 4.16. The number of benzene rings is 2. The highest BCUT2D eigenvalue weighted by Crippen LogP contribution is 2.34. The van der Waals surface area contributed by atoms with E-state index in [4.69, 9.17) is 0 Å². The van der Waals surface area contributed by atoms with Crippen molar-refractivity contribution < 1.29 is 4.79 Å². The highest BCUT2D eigenvalue weighted by Gasteiger charge is 2.24. The molecule has 0 bridgehead atoms. The van der Waals surface area contributed by atoms with Gasteiger partial charge in [-0.3, -0.25) is 18.7 Å². The molecule has 0 fully saturated rings. The van der Waals surface area contributed by atoms with Crippen LogP contribution >= 0.6 is 11.3 Å². The maximum Gasteiger partial charge on any atom is 0.332 e. The van der Waals surface area contributed by atoms with Crippen molar-refractivity contribution in [1.82, 2.24) is 9.13 Å². The second kappa shape index (κ2) is 8.83. The van der Waals surface area contributed by atoms with Gasteiger partial charge in [-0.2, -0.15) is 0 Å². The van der Waals surface area contributed by atoms with Gasteiger partial charge in [0.25, 0.3) is 5.56 Å². The minimum atomic E-state index is -0.450. The van der Waals surface area contributed by atoms with Gasteiger partial charge in [-0.05, 0) is 55.9 Å². The number of nitrogens with zero attached hydrogens (tertiary/aromatic N) is 2. The maximum absolute atomic E-state index is 13.5. The van der Waals surface area contributed by atoms with Crippen LogP contribution in [0, 0.1) is 6.92 Å². The molecule has 0 radical (unpaired) electrons. The molecule has 168 valence electrons. The van der Waals surface area contributed by atoms with E-state index < -0.39 is 5.69 Å². The molecule has 2 heterocycles. The molecule has 0 saturated carbocycles. The Kier molecular flexibility index (Phi) is 5.72. The van der Waals surface area contributed by atoms with Crippen LogP contribution in [0.4, 0.5) is 5.69 Å². The number of hydrogen-bond acceptors (Lipinski definition) is 4. The van der Waals surface area contributed by atoms with Crippen molar-refractivity contribution in [3.63, 3.8) is 0 Å². The van der Waals surface area contributed by atoms with Gasteiger partial charge in [0.15, 0.2) is 0 Å². The molecule has 4 aromatic rings. The van der Waals surface area contributed by atoms with Crippen LogP contribution in [0.15, 0.2) is 64.2 Å². The number of thiophene rings is 1. The first-order valence-corrected chi connectivity index (χ1v) is 12.0. The summed E-state index contributed by atoms with van der Waals surface area (Å²) in [4.78, 5) is 41.7. The largest absolute Gasteiger partial charge is 0.332 e. The molecule has 7 heteroatoms. The molecule has 33 heavy (non-hydrogen) atoms. The fourth-order valence-electron chi connectivity index (χ4n) is 4.44. The lowest BCUT2D eigenvalue weighted by atomic mass is 9.97. The highest BCUT2D eigenvalue weighted by atomic mass is 32.1. The van der Waals surface area contributed by atoms with E-state index in [-0.39, 0.29) is 24.6 Å². The van der Waals surface area contributed by atoms with Crippen molar-refractivity contribution in [1.29, 1.82) is 0 Å². The van der Waals surface area contributed by atoms with Crippen LogP contribution in [0.2, 0.25) is 0 Å². The average Bonchev–Trinajstić information content (AvgIpc) is 3.21. The molecule has 1 aliphatic carbocycles. The summed E-state index contributed by atoms with van der Waals surface area (Å²) in [5, 5.41) is 3.48. The minimum Gasteiger partial charge on any atom is -0.325 e. The highest BCUT2D eigenvalue weighted by molar-refractivity contribution is 7.18. The van der Waals surface area contributed by atoms with Crippen molar-refractivity contribution in [2.75, 3.05) is 5.32 Å². The first kappa shape index (κ1) is 21.4. The quantitative estimate of drug-likeness (QED) is 0.488. The molecule has 1 N–H and O–H groups in total. The Morgan fingerprint density at radius 1 is 0.970 bits per heavy atom. The SMILES string of the molecule is Cc1ccc(NC(=O)Cn2c(=O)n(Cc3ccccc3)c(=O)c3c4c(sc32)CCCC4)cc1. The van der Waals surface area contributed by atoms with Gasteiger partial charge in [-0.1, -0.05) is 48.0 Å². The van der Waals surface area contributed by atoms with E-state index in [0.29, 0.717) is 15.9 Å². The van der Waals surface area contributed by atoms with Crippen LogP contribution in [-0.2, 0) is 30.7 Å². The van der Waals surface area contributed by atoms with Crippen LogP contribution < -0.4 is 16.6 Å². The molecule has 1 amide bonds. The predicted molar refractivity (Wildman–Crippen MR) is 132 cm³/mol. The molecule has 6 nitrogen and oxygen atoms in total. The van der Waals surface area contributed by atoms with E-state index in [1.54, 1.807) is 0 Å². The Labute approximate surface area is 195 Å². The standard InChI is InChI=1S/C26H25N3O3S/c1-17-11-13-19(14-12-17)27-22(30)16-29-25-23(20-9-5-6-10-21(20)33-25)24(31)28(26(29)32)15-18-7-3-2-4-8-18/h2-4,7-8,11-14H,5-6,9-10,15-16H2,1H3,(H,27,30). The summed E-state index contributed by atoms with van der Waals surface area (Å²) in [6.45, 7) is 2.02. The molecule has 2 aromatic carbocycles. The van der Waals surface area contributed by atoms with Gasteiger partial charge < -0.3 is 5.32 Å². The smallest absolute Gasteiger partial charge is 0.325 e. The molecular weight excluding hydrogens is 434 g/mol. The molecule has 0 atom stereocenters. The third-order valence-corrected chi connectivity index (χ3v) is 7.45. The van der Waals surface area contributed by atoms with Crippen molar-refractivity contribution in [2.24, 2.45) is 0 Å². The number of aromatic nitrogens is 2. The van der Waals surface area contributed by atoms with Gasteiger partial charge >= 0.3 is 5.69 Å². The fraction of sp³-hybridized carbons (Fsp3) is 0.269. The van der Waals surface area contributed by atoms with E-state index in [1.807, 2.05) is 61.5 Å². The van der Waals surface area contributed by atoms with Crippen LogP contribution in [-0.4, -0.2) is 15.0 Å². The lowest BCUT2D eigenvalue weighted by Gasteiger charge is -2.14. The zero-order chi connectivity index (χ0) is 22.9. The molecule has 5 rings (SSSR count). The molecule has 0 saturated heterocycles. The van der Waals surface area contributed by atoms with Crippen LogP contribution in [0.25, 0.3) is 10.2 Å². The van der Waals surface area contributed by atoms with Gasteiger partial charge in [0, 0.05) is 10.6 Å². The number of nitrogens with one attached hydrogen (secondary N) is 1. The van der Waals surface area contributed by atoms with Crippen molar-refractivity contribution >= 4 is 33.1 Å². The van der Waals surface area contributed by atoms with Crippen LogP contribution in [0.1, 0.15) is 34.4 Å². The second-order valence-electron chi connectivity index (χ2n) is 8.55. The Balaban J connectivity index is 1.61. The van der Waals surface area contributed by atoms with Crippen molar-refractivity contribution in [3.8, 4) is 0 Å². The monoisotopic (exact) mass is 459 g/mol. The fourth-order valence-corrected chi connectivity index (χ4v) is 5.81. The molecule has 1 aliphatic rings. The summed E-state index contributed by atoms with van der Waals surface area (Å²) in [5.74, 6) is -0.293. The van der Waals surface area contributed by atoms with E-state index >= 15 is 0 Å². The Bertz CT molecular complexity index is 1450. The third-order valence-electron chi connectivity index (χ3n) is 6.14. The first-order valence-electron chi connectivity index (χ1n) is 11.2. The lowest BCUT2D eigenvalue weighted by Crippen LogP contribution is -2.41. The summed E-state index contributed by atoms with van der Waals surface area (Å²) >= 11 is 1.49. The normalized spacial score (nSPS) is 13.1. The molecule has 0 aliphatic heterocycles. The number of rotatable bonds is 5. The number of hydrogen-bond donors (Lipinski definition) is 1. The molecule has 0 spiro atoms. The van der Waals surface area contributed by atoms with E-state index in [0.717, 1.165) is 47.3 Å². The molecule has 2 aromatic heterocycles. The number of aryl methyl sites for hydroxylation is 3. The molecule has 0 unspecified atom stereocenters. The average molecular weight is 460 g/mol. The number of fused-ring (bicyclic) bond motifs is 3. The Morgan fingerprint density at radius 2 is 1.70 bits per heavy atom. The lowest BCUT2D eigenvalue weighted by molar-refractivity contribution is -0.116. The van der Waals surface area contributed by atoms with Crippen LogP contribution in [0.5, 0.6) is 0 Å². The zero-order valence-electron chi connectivity index (χ0n) is 18.5. The second-order valence-corrected chi connectivity index (χ2v) is 9.63. The summed E-state index contributed by atoms with van der Waals surface area (Å²) in [6, 6.07) is 17.0. The maximum atomic E-state index is 13.5. The summed E-state index contributed by atoms with van der Waals surface area (Å²) in [6.07, 6.45) is 3.86. The van der Waals surface area contributed by atoms with Crippen molar-refractivity contribution in [3.05, 3.63) is 97.0 Å². The van der Waals surface area contributed by atoms with E-state index in [9.17, 15) is 14.4 Å². The minimum absolute atomic E-state index is 0.141. The number of anilines is 1. The number of amides is 1. The Morgan fingerprint density at radius 3 is 2.45 bits per heavy atom. The first-order chi connectivity index (χ1) is 16.0. The Hall–Kier alpha value is -3.45. The number of carbonyl (C=O) groups is 1. The number of carbonyl (C=O) groups excluding carboxylic acids is 1. The predicted octanol–water partition coefficient (Wildman–Crippen LogP) is 4.10. The summed E-state index contributed by atoms with van der Waals surface area (Å²) in [7, 11) is 0. The van der Waals surface area contributed by atoms with Gasteiger partial charge in [0.1, 0.15) is 11.4 Å². The molecular formula is C26H25N3O3S. The van der Waals surface area contributed by atoms with E-state index in [2.05, 4.69) is 5.32 Å². The van der Waals surface area contributed by atoms with Gasteiger partial charge in [0.05, 0.1) is 11.9 Å². The van der Waals surface area contributed by atoms with Crippen molar-refractivity contribution in [2.45, 2.75) is 45.7 Å². The summed E-state index contributed by atoms with van der Waals surface area (Å²) < 4.78 is 2.75. The van der Waals surface area contributed by atoms with E-state index in [1.165, 1.54) is 20.5 Å².